The molecule has 0 atom stereocenters. The first-order valence-electron chi connectivity index (χ1n) is 8.75. The molecule has 1 saturated heterocycles. The van der Waals surface area contributed by atoms with Crippen LogP contribution in [0.15, 0.2) is 22.7 Å². The Balaban J connectivity index is 1.80. The third kappa shape index (κ3) is 6.96. The van der Waals surface area contributed by atoms with E-state index in [2.05, 4.69) is 44.3 Å². The lowest BCUT2D eigenvalue weighted by atomic mass is 10.0. The first-order valence-corrected chi connectivity index (χ1v) is 9.54. The molecule has 1 aromatic rings. The van der Waals surface area contributed by atoms with Gasteiger partial charge in [0.1, 0.15) is 5.60 Å². The number of nitrogens with zero attached hydrogens (tertiary/aromatic N) is 1. The molecule has 1 aliphatic heterocycles. The molecule has 1 aromatic carbocycles. The van der Waals surface area contributed by atoms with Crippen molar-refractivity contribution in [2.24, 2.45) is 0 Å². The second kappa shape index (κ2) is 9.01. The molecule has 1 N–H and O–H groups in total. The van der Waals surface area contributed by atoms with Crippen LogP contribution in [-0.2, 0) is 22.6 Å². The Morgan fingerprint density at radius 1 is 1.32 bits per heavy atom. The van der Waals surface area contributed by atoms with E-state index in [1.54, 1.807) is 7.11 Å². The van der Waals surface area contributed by atoms with E-state index in [1.165, 1.54) is 11.1 Å². The third-order valence-corrected chi connectivity index (χ3v) is 4.90. The molecule has 0 saturated carbocycles. The minimum absolute atomic E-state index is 0.195. The van der Waals surface area contributed by atoms with E-state index in [4.69, 9.17) is 9.47 Å². The van der Waals surface area contributed by atoms with E-state index in [1.807, 2.05) is 20.8 Å². The molecule has 2 rings (SSSR count). The van der Waals surface area contributed by atoms with Gasteiger partial charge in [0.25, 0.3) is 0 Å². The van der Waals surface area contributed by atoms with Crippen molar-refractivity contribution in [3.05, 3.63) is 33.8 Å². The molecule has 1 heterocycles. The second-order valence-corrected chi connectivity index (χ2v) is 8.41. The number of hydrogen-bond acceptors (Lipinski definition) is 4. The van der Waals surface area contributed by atoms with Crippen LogP contribution in [0.5, 0.6) is 0 Å². The number of hydrogen-bond donors (Lipinski definition) is 1. The first-order chi connectivity index (χ1) is 11.8. The number of amides is 1. The summed E-state index contributed by atoms with van der Waals surface area (Å²) in [6, 6.07) is 6.62. The Morgan fingerprint density at radius 3 is 2.60 bits per heavy atom. The number of carbonyl (C=O) groups is 1. The fraction of sp³-hybridized carbons (Fsp3) is 0.632. The van der Waals surface area contributed by atoms with Crippen LogP contribution < -0.4 is 5.32 Å². The lowest BCUT2D eigenvalue weighted by Gasteiger charge is -2.33. The van der Waals surface area contributed by atoms with E-state index < -0.39 is 5.60 Å². The summed E-state index contributed by atoms with van der Waals surface area (Å²) >= 11 is 3.56. The van der Waals surface area contributed by atoms with Crippen LogP contribution in [-0.4, -0.2) is 42.8 Å². The van der Waals surface area contributed by atoms with Crippen molar-refractivity contribution in [2.75, 3.05) is 20.2 Å². The average molecular weight is 413 g/mol. The first kappa shape index (κ1) is 20.2. The monoisotopic (exact) mass is 412 g/mol. The van der Waals surface area contributed by atoms with E-state index in [-0.39, 0.29) is 12.1 Å². The van der Waals surface area contributed by atoms with Gasteiger partial charge >= 0.3 is 6.09 Å². The molecule has 1 fully saturated rings. The predicted octanol–water partition coefficient (Wildman–Crippen LogP) is 4.08. The summed E-state index contributed by atoms with van der Waals surface area (Å²) in [6.45, 7) is 9.10. The minimum Gasteiger partial charge on any atom is -0.444 e. The highest BCUT2D eigenvalue weighted by Crippen LogP contribution is 2.21. The van der Waals surface area contributed by atoms with Gasteiger partial charge in [-0.1, -0.05) is 28.1 Å². The van der Waals surface area contributed by atoms with Crippen LogP contribution in [0.3, 0.4) is 0 Å². The number of ether oxygens (including phenoxy) is 2. The zero-order chi connectivity index (χ0) is 18.4. The average Bonchev–Trinajstić information content (AvgIpc) is 2.51. The Bertz CT molecular complexity index is 579. The van der Waals surface area contributed by atoms with Gasteiger partial charge in [0.05, 0.1) is 6.61 Å². The number of likely N-dealkylation sites (tertiary alicyclic amines) is 1. The van der Waals surface area contributed by atoms with Gasteiger partial charge in [-0.2, -0.15) is 0 Å². The molecule has 140 valence electrons. The Hall–Kier alpha value is -1.11. The molecule has 25 heavy (non-hydrogen) atoms. The number of benzene rings is 1. The molecule has 0 aliphatic carbocycles. The number of halogens is 1. The zero-order valence-electron chi connectivity index (χ0n) is 15.6. The van der Waals surface area contributed by atoms with E-state index in [0.29, 0.717) is 6.61 Å². The maximum Gasteiger partial charge on any atom is 0.407 e. The van der Waals surface area contributed by atoms with Gasteiger partial charge in [-0.15, -0.1) is 0 Å². The maximum atomic E-state index is 11.9. The van der Waals surface area contributed by atoms with Crippen molar-refractivity contribution in [1.29, 1.82) is 0 Å². The molecule has 0 radical (unpaired) electrons. The summed E-state index contributed by atoms with van der Waals surface area (Å²) in [5.74, 6) is 0. The van der Waals surface area contributed by atoms with Crippen LogP contribution >= 0.6 is 15.9 Å². The molecule has 6 heteroatoms. The SMILES string of the molecule is COCc1cc(CN2CCC(NC(=O)OC(C)(C)C)CC2)ccc1Br. The predicted molar refractivity (Wildman–Crippen MR) is 103 cm³/mol. The summed E-state index contributed by atoms with van der Waals surface area (Å²) in [4.78, 5) is 14.3. The standard InChI is InChI=1S/C19H29BrN2O3/c1-19(2,3)25-18(23)21-16-7-9-22(10-8-16)12-14-5-6-17(20)15(11-14)13-24-4/h5-6,11,16H,7-10,12-13H2,1-4H3,(H,21,23). The highest BCUT2D eigenvalue weighted by Gasteiger charge is 2.23. The van der Waals surface area contributed by atoms with Gasteiger partial charge < -0.3 is 14.8 Å². The third-order valence-electron chi connectivity index (χ3n) is 4.12. The van der Waals surface area contributed by atoms with Gasteiger partial charge in [-0.05, 0) is 50.8 Å². The molecular weight excluding hydrogens is 384 g/mol. The molecule has 1 amide bonds. The topological polar surface area (TPSA) is 50.8 Å². The number of piperidine rings is 1. The summed E-state index contributed by atoms with van der Waals surface area (Å²) in [5, 5.41) is 2.98. The number of alkyl carbamates (subject to hydrolysis) is 1. The van der Waals surface area contributed by atoms with Crippen molar-refractivity contribution in [3.8, 4) is 0 Å². The number of carbonyl (C=O) groups excluding carboxylic acids is 1. The summed E-state index contributed by atoms with van der Waals surface area (Å²) in [5.41, 5.74) is 2.00. The number of methoxy groups -OCH3 is 1. The van der Waals surface area contributed by atoms with Crippen molar-refractivity contribution in [3.63, 3.8) is 0 Å². The van der Waals surface area contributed by atoms with Crippen LogP contribution in [0.25, 0.3) is 0 Å². The smallest absolute Gasteiger partial charge is 0.407 e. The minimum atomic E-state index is -0.452. The van der Waals surface area contributed by atoms with Crippen molar-refractivity contribution >= 4 is 22.0 Å². The summed E-state index contributed by atoms with van der Waals surface area (Å²) < 4.78 is 11.7. The number of rotatable bonds is 5. The molecule has 0 aromatic heterocycles. The van der Waals surface area contributed by atoms with E-state index in [9.17, 15) is 4.79 Å². The lowest BCUT2D eigenvalue weighted by molar-refractivity contribution is 0.0477. The van der Waals surface area contributed by atoms with Gasteiger partial charge in [0, 0.05) is 37.3 Å². The Kier molecular flexibility index (Phi) is 7.28. The second-order valence-electron chi connectivity index (χ2n) is 7.56. The van der Waals surface area contributed by atoms with Crippen molar-refractivity contribution in [1.82, 2.24) is 10.2 Å². The van der Waals surface area contributed by atoms with E-state index >= 15 is 0 Å². The zero-order valence-corrected chi connectivity index (χ0v) is 17.2. The molecule has 0 bridgehead atoms. The highest BCUT2D eigenvalue weighted by atomic mass is 79.9. The highest BCUT2D eigenvalue weighted by molar-refractivity contribution is 9.10. The van der Waals surface area contributed by atoms with Gasteiger partial charge in [0.15, 0.2) is 0 Å². The molecule has 1 aliphatic rings. The normalized spacial score (nSPS) is 16.7. The largest absolute Gasteiger partial charge is 0.444 e. The van der Waals surface area contributed by atoms with Crippen LogP contribution in [0, 0.1) is 0 Å². The Morgan fingerprint density at radius 2 is 2.00 bits per heavy atom. The van der Waals surface area contributed by atoms with Gasteiger partial charge in [0.2, 0.25) is 0 Å². The van der Waals surface area contributed by atoms with Gasteiger partial charge in [-0.3, -0.25) is 4.90 Å². The summed E-state index contributed by atoms with van der Waals surface area (Å²) in [6.07, 6.45) is 1.57. The molecular formula is C19H29BrN2O3. The van der Waals surface area contributed by atoms with Crippen LogP contribution in [0.1, 0.15) is 44.7 Å². The molecule has 0 unspecified atom stereocenters. The maximum absolute atomic E-state index is 11.9. The lowest BCUT2D eigenvalue weighted by Crippen LogP contribution is -2.45. The fourth-order valence-corrected chi connectivity index (χ4v) is 3.32. The number of nitrogens with one attached hydrogen (secondary N) is 1. The van der Waals surface area contributed by atoms with Crippen molar-refractivity contribution in [2.45, 2.75) is 58.4 Å². The van der Waals surface area contributed by atoms with Crippen LogP contribution in [0.4, 0.5) is 4.79 Å². The van der Waals surface area contributed by atoms with E-state index in [0.717, 1.165) is 36.9 Å². The quantitative estimate of drug-likeness (QED) is 0.790. The van der Waals surface area contributed by atoms with Crippen molar-refractivity contribution < 1.29 is 14.3 Å². The fourth-order valence-electron chi connectivity index (χ4n) is 2.96. The molecule has 0 spiro atoms. The van der Waals surface area contributed by atoms with Gasteiger partial charge in [-0.25, -0.2) is 4.79 Å². The Labute approximate surface area is 159 Å². The summed E-state index contributed by atoms with van der Waals surface area (Å²) in [7, 11) is 1.71. The molecule has 5 nitrogen and oxygen atoms in total. The van der Waals surface area contributed by atoms with Crippen LogP contribution in [0.2, 0.25) is 0 Å².